The van der Waals surface area contributed by atoms with Gasteiger partial charge >= 0.3 is 6.03 Å². The molecule has 1 saturated heterocycles. The second kappa shape index (κ2) is 7.81. The number of nitrogens with zero attached hydrogens (tertiary/aromatic N) is 4. The lowest BCUT2D eigenvalue weighted by Gasteiger charge is -2.47. The quantitative estimate of drug-likeness (QED) is 0.673. The summed E-state index contributed by atoms with van der Waals surface area (Å²) in [5, 5.41) is 8.19. The van der Waals surface area contributed by atoms with Crippen molar-refractivity contribution in [1.29, 1.82) is 0 Å². The number of halogens is 1. The summed E-state index contributed by atoms with van der Waals surface area (Å²) in [4.78, 5) is 18.4. The van der Waals surface area contributed by atoms with Crippen LogP contribution in [0.4, 0.5) is 15.0 Å². The summed E-state index contributed by atoms with van der Waals surface area (Å²) < 4.78 is 16.4. The lowest BCUT2D eigenvalue weighted by Crippen LogP contribution is -2.53. The smallest absolute Gasteiger partial charge is 0.323 e. The number of urea groups is 1. The molecule has 3 atom stereocenters. The molecule has 1 spiro atoms. The van der Waals surface area contributed by atoms with Gasteiger partial charge in [0.1, 0.15) is 11.5 Å². The van der Waals surface area contributed by atoms with Gasteiger partial charge in [0.15, 0.2) is 5.15 Å². The van der Waals surface area contributed by atoms with Crippen molar-refractivity contribution in [3.63, 3.8) is 0 Å². The van der Waals surface area contributed by atoms with Gasteiger partial charge in [0.2, 0.25) is 0 Å². The van der Waals surface area contributed by atoms with Crippen LogP contribution in [-0.2, 0) is 17.7 Å². The van der Waals surface area contributed by atoms with Crippen molar-refractivity contribution in [3.8, 4) is 0 Å². The maximum atomic E-state index is 14.7. The third kappa shape index (κ3) is 3.60. The van der Waals surface area contributed by atoms with Crippen molar-refractivity contribution in [2.45, 2.75) is 41.9 Å². The van der Waals surface area contributed by atoms with Crippen LogP contribution in [0.2, 0.25) is 0 Å². The van der Waals surface area contributed by atoms with E-state index in [1.54, 1.807) is 34.0 Å². The minimum atomic E-state index is -1.55. The van der Waals surface area contributed by atoms with Gasteiger partial charge in [-0.05, 0) is 57.9 Å². The first-order valence-corrected chi connectivity index (χ1v) is 13.1. The van der Waals surface area contributed by atoms with Crippen LogP contribution < -0.4 is 10.2 Å². The standard InChI is InChI=1S/C20H30FN5OP2S/c1-24(2)19(15-6-5-11-30-15)9-7-18(8-10-19)13-26(17(27)22-18)16-12-14(23-25(16)3)20(21,28)29-4/h5-6,11-12,29H,7-10,13,28H2,1-4H3,(H,22,27). The zero-order valence-corrected chi connectivity index (χ0v) is 20.9. The Hall–Kier alpha value is -1.07. The summed E-state index contributed by atoms with van der Waals surface area (Å²) >= 11 is 1.81. The predicted octanol–water partition coefficient (Wildman–Crippen LogP) is 4.04. The first kappa shape index (κ1) is 22.1. The number of carbonyl (C=O) groups excluding carboxylic acids is 1. The Bertz CT molecular complexity index is 922. The molecule has 1 N–H and O–H groups in total. The van der Waals surface area contributed by atoms with Gasteiger partial charge in [-0.25, -0.2) is 9.18 Å². The Kier molecular flexibility index (Phi) is 5.76. The van der Waals surface area contributed by atoms with E-state index in [-0.39, 0.29) is 25.7 Å². The lowest BCUT2D eigenvalue weighted by atomic mass is 9.71. The molecule has 2 amide bonds. The molecule has 0 radical (unpaired) electrons. The van der Waals surface area contributed by atoms with Crippen molar-refractivity contribution in [2.75, 3.05) is 32.2 Å². The first-order chi connectivity index (χ1) is 14.1. The molecule has 0 aromatic carbocycles. The Balaban J connectivity index is 1.55. The highest BCUT2D eigenvalue weighted by atomic mass is 32.1. The van der Waals surface area contributed by atoms with Gasteiger partial charge in [-0.15, -0.1) is 11.3 Å². The fraction of sp³-hybridized carbons (Fsp3) is 0.600. The zero-order valence-electron chi connectivity index (χ0n) is 17.9. The van der Waals surface area contributed by atoms with Crippen LogP contribution in [0.25, 0.3) is 0 Å². The summed E-state index contributed by atoms with van der Waals surface area (Å²) in [5.74, 6) is 0.643. The molecule has 1 saturated carbocycles. The van der Waals surface area contributed by atoms with E-state index in [2.05, 4.69) is 56.2 Å². The number of thiophene rings is 1. The minimum Gasteiger partial charge on any atom is -0.330 e. The minimum absolute atomic E-state index is 0.0204. The van der Waals surface area contributed by atoms with E-state index >= 15 is 0 Å². The SMILES string of the molecule is CPC(F)(P)c1cc(N2CC3(CCC(c4cccs4)(N(C)C)CC3)NC2=O)n(C)n1. The first-order valence-electron chi connectivity index (χ1n) is 10.1. The molecule has 164 valence electrons. The highest BCUT2D eigenvalue weighted by Crippen LogP contribution is 2.49. The van der Waals surface area contributed by atoms with Gasteiger partial charge in [0.05, 0.1) is 17.6 Å². The van der Waals surface area contributed by atoms with E-state index in [1.807, 2.05) is 6.66 Å². The number of carbonyl (C=O) groups is 1. The van der Waals surface area contributed by atoms with Crippen LogP contribution in [-0.4, -0.2) is 53.6 Å². The van der Waals surface area contributed by atoms with E-state index in [0.717, 1.165) is 25.7 Å². The van der Waals surface area contributed by atoms with Crippen LogP contribution in [0.5, 0.6) is 0 Å². The van der Waals surface area contributed by atoms with Crippen molar-refractivity contribution in [1.82, 2.24) is 20.0 Å². The van der Waals surface area contributed by atoms with Gasteiger partial charge in [-0.3, -0.25) is 14.5 Å². The molecule has 2 aromatic rings. The molecule has 10 heteroatoms. The Morgan fingerprint density at radius 3 is 2.63 bits per heavy atom. The maximum Gasteiger partial charge on any atom is 0.323 e. The summed E-state index contributed by atoms with van der Waals surface area (Å²) in [7, 11) is 8.37. The maximum absolute atomic E-state index is 14.7. The largest absolute Gasteiger partial charge is 0.330 e. The molecule has 30 heavy (non-hydrogen) atoms. The molecule has 6 nitrogen and oxygen atoms in total. The van der Waals surface area contributed by atoms with Gasteiger partial charge in [-0.1, -0.05) is 23.9 Å². The van der Waals surface area contributed by atoms with E-state index in [1.165, 1.54) is 4.88 Å². The molecule has 2 fully saturated rings. The van der Waals surface area contributed by atoms with E-state index < -0.39 is 5.15 Å². The van der Waals surface area contributed by atoms with Crippen LogP contribution in [0, 0.1) is 0 Å². The van der Waals surface area contributed by atoms with Gasteiger partial charge in [0, 0.05) is 18.0 Å². The average Bonchev–Trinajstić information content (AvgIpc) is 3.43. The number of hydrogen-bond acceptors (Lipinski definition) is 4. The Labute approximate surface area is 185 Å². The fourth-order valence-corrected chi connectivity index (χ4v) is 6.38. The highest BCUT2D eigenvalue weighted by molar-refractivity contribution is 7.50. The summed E-state index contributed by atoms with van der Waals surface area (Å²) in [6.45, 7) is 2.40. The number of aromatic nitrogens is 2. The number of alkyl halides is 1. The number of aryl methyl sites for hydroxylation is 1. The molecule has 2 aromatic heterocycles. The van der Waals surface area contributed by atoms with Crippen molar-refractivity contribution < 1.29 is 9.18 Å². The molecule has 1 aliphatic carbocycles. The topological polar surface area (TPSA) is 53.4 Å². The summed E-state index contributed by atoms with van der Waals surface area (Å²) in [6.07, 6.45) is 3.79. The van der Waals surface area contributed by atoms with Crippen LogP contribution in [0.1, 0.15) is 36.3 Å². The van der Waals surface area contributed by atoms with Crippen LogP contribution >= 0.6 is 29.2 Å². The second-order valence-corrected chi connectivity index (χ2v) is 12.2. The van der Waals surface area contributed by atoms with E-state index in [4.69, 9.17) is 0 Å². The molecule has 1 aliphatic heterocycles. The fourth-order valence-electron chi connectivity index (χ4n) is 4.79. The van der Waals surface area contributed by atoms with Crippen LogP contribution in [0.3, 0.4) is 0 Å². The van der Waals surface area contributed by atoms with Gasteiger partial charge < -0.3 is 5.32 Å². The normalized spacial score (nSPS) is 29.3. The highest BCUT2D eigenvalue weighted by Gasteiger charge is 2.51. The Morgan fingerprint density at radius 1 is 1.37 bits per heavy atom. The lowest BCUT2D eigenvalue weighted by molar-refractivity contribution is 0.0689. The molecule has 3 unspecified atom stereocenters. The number of hydrogen-bond donors (Lipinski definition) is 1. The predicted molar refractivity (Wildman–Crippen MR) is 127 cm³/mol. The molecule has 4 rings (SSSR count). The average molecular weight is 470 g/mol. The summed E-state index contributed by atoms with van der Waals surface area (Å²) in [6, 6.07) is 5.92. The zero-order chi connectivity index (χ0) is 21.7. The molecular formula is C20H30FN5OP2S. The third-order valence-electron chi connectivity index (χ3n) is 6.82. The number of amides is 2. The van der Waals surface area contributed by atoms with Crippen molar-refractivity contribution in [2.24, 2.45) is 7.05 Å². The number of anilines is 1. The number of nitrogens with one attached hydrogen (secondary N) is 1. The third-order valence-corrected chi connectivity index (χ3v) is 10.0. The second-order valence-electron chi connectivity index (χ2n) is 8.67. The summed E-state index contributed by atoms with van der Waals surface area (Å²) in [5.41, 5.74) is 0.123. The van der Waals surface area contributed by atoms with E-state index in [9.17, 15) is 9.18 Å². The molecular weight excluding hydrogens is 439 g/mol. The van der Waals surface area contributed by atoms with Crippen molar-refractivity contribution >= 4 is 41.0 Å². The molecule has 0 bridgehead atoms. The van der Waals surface area contributed by atoms with Gasteiger partial charge in [-0.2, -0.15) is 5.10 Å². The Morgan fingerprint density at radius 2 is 2.07 bits per heavy atom. The van der Waals surface area contributed by atoms with Gasteiger partial charge in [0.25, 0.3) is 0 Å². The van der Waals surface area contributed by atoms with Crippen LogP contribution in [0.15, 0.2) is 23.6 Å². The van der Waals surface area contributed by atoms with E-state index in [0.29, 0.717) is 18.1 Å². The number of rotatable bonds is 5. The molecule has 3 heterocycles. The monoisotopic (exact) mass is 469 g/mol. The molecule has 2 aliphatic rings. The van der Waals surface area contributed by atoms with Crippen molar-refractivity contribution in [3.05, 3.63) is 34.2 Å².